The van der Waals surface area contributed by atoms with Crippen LogP contribution in [0.4, 0.5) is 11.5 Å². The molecule has 7 nitrogen and oxygen atoms in total. The zero-order valence-corrected chi connectivity index (χ0v) is 9.74. The van der Waals surface area contributed by atoms with Crippen molar-refractivity contribution in [2.45, 2.75) is 13.8 Å². The van der Waals surface area contributed by atoms with Crippen molar-refractivity contribution in [3.8, 4) is 6.01 Å². The molecule has 2 N–H and O–H groups in total. The van der Waals surface area contributed by atoms with Gasteiger partial charge in [-0.25, -0.2) is 4.79 Å². The van der Waals surface area contributed by atoms with Gasteiger partial charge in [0.1, 0.15) is 5.69 Å². The summed E-state index contributed by atoms with van der Waals surface area (Å²) in [4.78, 5) is 19.9. The first-order valence-electron chi connectivity index (χ1n) is 5.46. The molecule has 0 amide bonds. The highest BCUT2D eigenvalue weighted by Gasteiger charge is 2.24. The van der Waals surface area contributed by atoms with Gasteiger partial charge in [0.15, 0.2) is 11.5 Å². The summed E-state index contributed by atoms with van der Waals surface area (Å²) in [7, 11) is 0. The summed E-state index contributed by atoms with van der Waals surface area (Å²) >= 11 is 0. The van der Waals surface area contributed by atoms with E-state index in [-0.39, 0.29) is 11.7 Å². The first kappa shape index (κ1) is 11.4. The summed E-state index contributed by atoms with van der Waals surface area (Å²) < 4.78 is 10.1. The maximum absolute atomic E-state index is 11.7. The lowest BCUT2D eigenvalue weighted by Crippen LogP contribution is -2.11. The van der Waals surface area contributed by atoms with Crippen molar-refractivity contribution in [2.24, 2.45) is 0 Å². The minimum Gasteiger partial charge on any atom is -0.464 e. The summed E-state index contributed by atoms with van der Waals surface area (Å²) in [5.41, 5.74) is 0.761. The van der Waals surface area contributed by atoms with Crippen LogP contribution in [-0.4, -0.2) is 35.8 Å². The number of carbonyl (C=O) groups excluding carboxylic acids is 1. The molecular formula is C10H14N4O3. The number of anilines is 2. The number of carbonyl (C=O) groups is 1. The second-order valence-corrected chi connectivity index (χ2v) is 3.26. The first-order chi connectivity index (χ1) is 8.26. The van der Waals surface area contributed by atoms with Crippen LogP contribution in [-0.2, 0) is 4.74 Å². The molecule has 1 aliphatic heterocycles. The third-order valence-electron chi connectivity index (χ3n) is 2.15. The molecule has 1 aromatic heterocycles. The van der Waals surface area contributed by atoms with E-state index in [1.54, 1.807) is 6.92 Å². The highest BCUT2D eigenvalue weighted by molar-refractivity contribution is 5.97. The van der Waals surface area contributed by atoms with E-state index in [0.717, 1.165) is 0 Å². The van der Waals surface area contributed by atoms with Gasteiger partial charge in [-0.1, -0.05) is 0 Å². The number of rotatable bonds is 4. The summed E-state index contributed by atoms with van der Waals surface area (Å²) in [6, 6.07) is 0.172. The quantitative estimate of drug-likeness (QED) is 0.752. The van der Waals surface area contributed by atoms with Gasteiger partial charge < -0.3 is 20.1 Å². The van der Waals surface area contributed by atoms with Crippen LogP contribution in [0.3, 0.4) is 0 Å². The standard InChI is InChI=1S/C10H14N4O3/c1-3-16-9(15)7-6-8(12-5-11-6)14-10(13-7)17-4-2/h11H,3-5H2,1-2H3,(H,12,13,14). The van der Waals surface area contributed by atoms with Crippen LogP contribution in [0.25, 0.3) is 0 Å². The van der Waals surface area contributed by atoms with Gasteiger partial charge in [-0.05, 0) is 13.8 Å². The number of nitrogens with zero attached hydrogens (tertiary/aromatic N) is 2. The fourth-order valence-electron chi connectivity index (χ4n) is 1.49. The Morgan fingerprint density at radius 3 is 2.82 bits per heavy atom. The Kier molecular flexibility index (Phi) is 3.27. The summed E-state index contributed by atoms with van der Waals surface area (Å²) in [6.45, 7) is 4.82. The van der Waals surface area contributed by atoms with Crippen molar-refractivity contribution >= 4 is 17.5 Å². The maximum atomic E-state index is 11.7. The molecule has 0 saturated carbocycles. The van der Waals surface area contributed by atoms with E-state index >= 15 is 0 Å². The van der Waals surface area contributed by atoms with Crippen LogP contribution in [0, 0.1) is 0 Å². The molecule has 0 radical (unpaired) electrons. The topological polar surface area (TPSA) is 85.4 Å². The van der Waals surface area contributed by atoms with Crippen LogP contribution < -0.4 is 15.4 Å². The van der Waals surface area contributed by atoms with Crippen molar-refractivity contribution in [1.82, 2.24) is 9.97 Å². The zero-order valence-electron chi connectivity index (χ0n) is 9.74. The molecule has 0 fully saturated rings. The lowest BCUT2D eigenvalue weighted by molar-refractivity contribution is 0.0519. The predicted molar refractivity (Wildman–Crippen MR) is 61.3 cm³/mol. The number of nitrogens with one attached hydrogen (secondary N) is 2. The minimum atomic E-state index is -0.483. The molecule has 0 spiro atoms. The first-order valence-corrected chi connectivity index (χ1v) is 5.46. The number of fused-ring (bicyclic) bond motifs is 1. The Morgan fingerprint density at radius 1 is 1.29 bits per heavy atom. The molecule has 0 saturated heterocycles. The lowest BCUT2D eigenvalue weighted by atomic mass is 10.3. The molecule has 7 heteroatoms. The number of aromatic nitrogens is 2. The van der Waals surface area contributed by atoms with E-state index in [9.17, 15) is 4.79 Å². The van der Waals surface area contributed by atoms with E-state index in [1.165, 1.54) is 0 Å². The van der Waals surface area contributed by atoms with Crippen LogP contribution in [0.5, 0.6) is 6.01 Å². The number of hydrogen-bond donors (Lipinski definition) is 2. The largest absolute Gasteiger partial charge is 0.464 e. The fourth-order valence-corrected chi connectivity index (χ4v) is 1.49. The van der Waals surface area contributed by atoms with Crippen molar-refractivity contribution < 1.29 is 14.3 Å². The van der Waals surface area contributed by atoms with E-state index in [4.69, 9.17) is 9.47 Å². The van der Waals surface area contributed by atoms with Gasteiger partial charge >= 0.3 is 12.0 Å². The van der Waals surface area contributed by atoms with Crippen molar-refractivity contribution in [3.63, 3.8) is 0 Å². The van der Waals surface area contributed by atoms with Gasteiger partial charge in [0.25, 0.3) is 0 Å². The third-order valence-corrected chi connectivity index (χ3v) is 2.15. The Morgan fingerprint density at radius 2 is 2.12 bits per heavy atom. The van der Waals surface area contributed by atoms with Gasteiger partial charge in [0, 0.05) is 0 Å². The highest BCUT2D eigenvalue weighted by Crippen LogP contribution is 2.29. The van der Waals surface area contributed by atoms with Crippen molar-refractivity contribution in [3.05, 3.63) is 5.69 Å². The smallest absolute Gasteiger partial charge is 0.359 e. The normalized spacial score (nSPS) is 12.4. The summed E-state index contributed by atoms with van der Waals surface area (Å²) in [5.74, 6) is 0.0785. The molecule has 0 bridgehead atoms. The highest BCUT2D eigenvalue weighted by atomic mass is 16.5. The van der Waals surface area contributed by atoms with Crippen molar-refractivity contribution in [1.29, 1.82) is 0 Å². The SMILES string of the molecule is CCOC(=O)c1nc(OCC)nc2c1NCN2. The Balaban J connectivity index is 2.38. The van der Waals surface area contributed by atoms with E-state index in [0.29, 0.717) is 31.4 Å². The molecule has 92 valence electrons. The molecular weight excluding hydrogens is 224 g/mol. The minimum absolute atomic E-state index is 0.172. The predicted octanol–water partition coefficient (Wildman–Crippen LogP) is 0.847. The second-order valence-electron chi connectivity index (χ2n) is 3.26. The summed E-state index contributed by atoms with van der Waals surface area (Å²) in [5, 5.41) is 5.97. The maximum Gasteiger partial charge on any atom is 0.359 e. The van der Waals surface area contributed by atoms with Crippen LogP contribution in [0.15, 0.2) is 0 Å². The average molecular weight is 238 g/mol. The van der Waals surface area contributed by atoms with Crippen LogP contribution >= 0.6 is 0 Å². The van der Waals surface area contributed by atoms with E-state index in [1.807, 2.05) is 6.92 Å². The monoisotopic (exact) mass is 238 g/mol. The molecule has 0 aromatic carbocycles. The van der Waals surface area contributed by atoms with Crippen LogP contribution in [0.2, 0.25) is 0 Å². The molecule has 17 heavy (non-hydrogen) atoms. The molecule has 2 heterocycles. The molecule has 0 aliphatic carbocycles. The van der Waals surface area contributed by atoms with Gasteiger partial charge in [0.05, 0.1) is 19.9 Å². The molecule has 0 unspecified atom stereocenters. The van der Waals surface area contributed by atoms with E-state index in [2.05, 4.69) is 20.6 Å². The lowest BCUT2D eigenvalue weighted by Gasteiger charge is -2.08. The molecule has 1 aromatic rings. The zero-order chi connectivity index (χ0) is 12.3. The Labute approximate surface area is 98.5 Å². The Hall–Kier alpha value is -2.05. The number of esters is 1. The van der Waals surface area contributed by atoms with Gasteiger partial charge in [0.2, 0.25) is 0 Å². The second kappa shape index (κ2) is 4.86. The Bertz CT molecular complexity index is 436. The van der Waals surface area contributed by atoms with Gasteiger partial charge in [-0.15, -0.1) is 0 Å². The molecule has 0 atom stereocenters. The van der Waals surface area contributed by atoms with Gasteiger partial charge in [-0.3, -0.25) is 0 Å². The van der Waals surface area contributed by atoms with Gasteiger partial charge in [-0.2, -0.15) is 9.97 Å². The third kappa shape index (κ3) is 2.22. The number of ether oxygens (including phenoxy) is 2. The molecule has 2 rings (SSSR count). The fraction of sp³-hybridized carbons (Fsp3) is 0.500. The van der Waals surface area contributed by atoms with E-state index < -0.39 is 5.97 Å². The number of hydrogen-bond acceptors (Lipinski definition) is 7. The van der Waals surface area contributed by atoms with Crippen molar-refractivity contribution in [2.75, 3.05) is 30.5 Å². The molecule has 1 aliphatic rings. The van der Waals surface area contributed by atoms with Crippen LogP contribution in [0.1, 0.15) is 24.3 Å². The average Bonchev–Trinajstić information content (AvgIpc) is 2.76. The summed E-state index contributed by atoms with van der Waals surface area (Å²) in [6.07, 6.45) is 0.